The Balaban J connectivity index is 3.78. The van der Waals surface area contributed by atoms with Crippen LogP contribution < -0.4 is 0 Å². The van der Waals surface area contributed by atoms with Gasteiger partial charge in [0.15, 0.2) is 0 Å². The standard InChI is InChI=1S/C24H46O/c1-8-10-20-25-24(7,9-2)19-13-18-23(6)17-12-16-22(5)15-11-14-21(3)4/h2,21-23H,8,10-20H2,1,3-7H3/t22?,23?,24-/m0/s1. The van der Waals surface area contributed by atoms with E-state index in [1.807, 2.05) is 0 Å². The van der Waals surface area contributed by atoms with E-state index in [1.165, 1.54) is 51.4 Å². The van der Waals surface area contributed by atoms with Crippen molar-refractivity contribution in [3.63, 3.8) is 0 Å². The number of unbranched alkanes of at least 4 members (excludes halogenated alkanes) is 1. The third-order valence-electron chi connectivity index (χ3n) is 5.45. The molecule has 0 aromatic heterocycles. The SMILES string of the molecule is C#C[C@@](C)(CCCC(C)CCCC(C)CCCC(C)C)OCCCC. The predicted molar refractivity (Wildman–Crippen MR) is 113 cm³/mol. The molecule has 0 aromatic rings. The van der Waals surface area contributed by atoms with Crippen LogP contribution >= 0.6 is 0 Å². The first-order valence-electron chi connectivity index (χ1n) is 10.9. The summed E-state index contributed by atoms with van der Waals surface area (Å²) in [6, 6.07) is 0. The van der Waals surface area contributed by atoms with Crippen molar-refractivity contribution in [2.45, 2.75) is 118 Å². The molecule has 0 aliphatic rings. The summed E-state index contributed by atoms with van der Waals surface area (Å²) < 4.78 is 5.93. The van der Waals surface area contributed by atoms with Crippen LogP contribution in [0.25, 0.3) is 0 Å². The Kier molecular flexibility index (Phi) is 14.4. The maximum Gasteiger partial charge on any atom is 0.125 e. The molecule has 2 unspecified atom stereocenters. The average molecular weight is 351 g/mol. The van der Waals surface area contributed by atoms with Gasteiger partial charge in [0.1, 0.15) is 5.60 Å². The number of hydrogen-bond acceptors (Lipinski definition) is 1. The van der Waals surface area contributed by atoms with Crippen molar-refractivity contribution in [3.05, 3.63) is 0 Å². The van der Waals surface area contributed by atoms with E-state index in [9.17, 15) is 0 Å². The Morgan fingerprint density at radius 3 is 1.84 bits per heavy atom. The molecule has 1 heteroatoms. The summed E-state index contributed by atoms with van der Waals surface area (Å²) >= 11 is 0. The smallest absolute Gasteiger partial charge is 0.125 e. The van der Waals surface area contributed by atoms with Gasteiger partial charge in [0.05, 0.1) is 0 Å². The summed E-state index contributed by atoms with van der Waals surface area (Å²) in [6.07, 6.45) is 19.7. The third-order valence-corrected chi connectivity index (χ3v) is 5.45. The Morgan fingerprint density at radius 2 is 1.36 bits per heavy atom. The van der Waals surface area contributed by atoms with Crippen molar-refractivity contribution in [1.29, 1.82) is 0 Å². The zero-order valence-electron chi connectivity index (χ0n) is 18.2. The molecule has 3 atom stereocenters. The van der Waals surface area contributed by atoms with Gasteiger partial charge in [-0.2, -0.15) is 0 Å². The molecule has 0 aliphatic heterocycles. The van der Waals surface area contributed by atoms with Gasteiger partial charge in [0.2, 0.25) is 0 Å². The van der Waals surface area contributed by atoms with Crippen molar-refractivity contribution < 1.29 is 4.74 Å². The van der Waals surface area contributed by atoms with E-state index in [-0.39, 0.29) is 5.60 Å². The highest BCUT2D eigenvalue weighted by Crippen LogP contribution is 2.24. The summed E-state index contributed by atoms with van der Waals surface area (Å²) in [4.78, 5) is 0. The molecule has 0 saturated carbocycles. The fraction of sp³-hybridized carbons (Fsp3) is 0.917. The molecule has 0 bridgehead atoms. The van der Waals surface area contributed by atoms with Crippen LogP contribution in [0.5, 0.6) is 0 Å². The van der Waals surface area contributed by atoms with Crippen LogP contribution in [-0.4, -0.2) is 12.2 Å². The van der Waals surface area contributed by atoms with E-state index in [0.717, 1.165) is 43.6 Å². The van der Waals surface area contributed by atoms with Gasteiger partial charge in [0, 0.05) is 6.61 Å². The van der Waals surface area contributed by atoms with Crippen LogP contribution in [0.3, 0.4) is 0 Å². The zero-order valence-corrected chi connectivity index (χ0v) is 18.2. The van der Waals surface area contributed by atoms with Crippen molar-refractivity contribution in [2.75, 3.05) is 6.61 Å². The molecule has 0 aromatic carbocycles. The molecule has 0 heterocycles. The first-order valence-corrected chi connectivity index (χ1v) is 10.9. The molecule has 25 heavy (non-hydrogen) atoms. The van der Waals surface area contributed by atoms with Crippen molar-refractivity contribution >= 4 is 0 Å². The molecule has 0 radical (unpaired) electrons. The lowest BCUT2D eigenvalue weighted by molar-refractivity contribution is 0.00335. The van der Waals surface area contributed by atoms with E-state index >= 15 is 0 Å². The van der Waals surface area contributed by atoms with Gasteiger partial charge in [-0.05, 0) is 43.9 Å². The fourth-order valence-electron chi connectivity index (χ4n) is 3.39. The minimum absolute atomic E-state index is 0.361. The average Bonchev–Trinajstić information content (AvgIpc) is 2.54. The number of hydrogen-bond donors (Lipinski definition) is 0. The number of rotatable bonds is 16. The van der Waals surface area contributed by atoms with Gasteiger partial charge in [-0.15, -0.1) is 6.42 Å². The lowest BCUT2D eigenvalue weighted by Crippen LogP contribution is -2.27. The van der Waals surface area contributed by atoms with Crippen molar-refractivity contribution in [2.24, 2.45) is 17.8 Å². The highest BCUT2D eigenvalue weighted by atomic mass is 16.5. The summed E-state index contributed by atoms with van der Waals surface area (Å²) in [5.74, 6) is 5.43. The van der Waals surface area contributed by atoms with Gasteiger partial charge in [-0.3, -0.25) is 0 Å². The van der Waals surface area contributed by atoms with Gasteiger partial charge in [0.25, 0.3) is 0 Å². The van der Waals surface area contributed by atoms with Crippen molar-refractivity contribution in [3.8, 4) is 12.3 Å². The van der Waals surface area contributed by atoms with E-state index in [4.69, 9.17) is 11.2 Å². The Hall–Kier alpha value is -0.480. The van der Waals surface area contributed by atoms with E-state index in [0.29, 0.717) is 0 Å². The summed E-state index contributed by atoms with van der Waals surface area (Å²) in [5.41, 5.74) is -0.361. The number of ether oxygens (including phenoxy) is 1. The molecule has 0 amide bonds. The van der Waals surface area contributed by atoms with Gasteiger partial charge in [-0.25, -0.2) is 0 Å². The Labute approximate surface area is 159 Å². The van der Waals surface area contributed by atoms with Crippen LogP contribution in [0.4, 0.5) is 0 Å². The highest BCUT2D eigenvalue weighted by molar-refractivity contribution is 5.05. The molecular formula is C24H46O. The molecule has 0 saturated heterocycles. The maximum absolute atomic E-state index is 5.93. The second-order valence-corrected chi connectivity index (χ2v) is 8.94. The highest BCUT2D eigenvalue weighted by Gasteiger charge is 2.21. The third kappa shape index (κ3) is 14.4. The van der Waals surface area contributed by atoms with Crippen LogP contribution in [0, 0.1) is 30.1 Å². The predicted octanol–water partition coefficient (Wildman–Crippen LogP) is 7.63. The second-order valence-electron chi connectivity index (χ2n) is 8.94. The van der Waals surface area contributed by atoms with Crippen LogP contribution in [0.2, 0.25) is 0 Å². The molecular weight excluding hydrogens is 304 g/mol. The molecule has 0 N–H and O–H groups in total. The zero-order chi connectivity index (χ0) is 19.1. The Bertz CT molecular complexity index is 340. The van der Waals surface area contributed by atoms with Gasteiger partial charge in [-0.1, -0.05) is 91.9 Å². The van der Waals surface area contributed by atoms with Crippen LogP contribution in [0.15, 0.2) is 0 Å². The normalized spacial score (nSPS) is 16.4. The quantitative estimate of drug-likeness (QED) is 0.205. The molecule has 1 nitrogen and oxygen atoms in total. The molecule has 0 aliphatic carbocycles. The fourth-order valence-corrected chi connectivity index (χ4v) is 3.39. The van der Waals surface area contributed by atoms with Crippen LogP contribution in [-0.2, 0) is 4.74 Å². The largest absolute Gasteiger partial charge is 0.363 e. The first kappa shape index (κ1) is 24.5. The number of terminal acetylenes is 1. The summed E-state index contributed by atoms with van der Waals surface area (Å²) in [5, 5.41) is 0. The maximum atomic E-state index is 5.93. The van der Waals surface area contributed by atoms with Crippen molar-refractivity contribution in [1.82, 2.24) is 0 Å². The molecule has 0 fully saturated rings. The molecule has 0 rings (SSSR count). The summed E-state index contributed by atoms with van der Waals surface area (Å²) in [6.45, 7) is 14.5. The monoisotopic (exact) mass is 350 g/mol. The topological polar surface area (TPSA) is 9.23 Å². The minimum atomic E-state index is -0.361. The lowest BCUT2D eigenvalue weighted by atomic mass is 9.90. The summed E-state index contributed by atoms with van der Waals surface area (Å²) in [7, 11) is 0. The van der Waals surface area contributed by atoms with Crippen LogP contribution in [0.1, 0.15) is 112 Å². The van der Waals surface area contributed by atoms with E-state index in [2.05, 4.69) is 47.5 Å². The molecule has 0 spiro atoms. The minimum Gasteiger partial charge on any atom is -0.363 e. The first-order chi connectivity index (χ1) is 11.8. The Morgan fingerprint density at radius 1 is 0.840 bits per heavy atom. The van der Waals surface area contributed by atoms with Gasteiger partial charge >= 0.3 is 0 Å². The van der Waals surface area contributed by atoms with E-state index in [1.54, 1.807) is 0 Å². The van der Waals surface area contributed by atoms with Gasteiger partial charge < -0.3 is 4.74 Å². The lowest BCUT2D eigenvalue weighted by Gasteiger charge is -2.25. The second kappa shape index (κ2) is 14.7. The molecule has 148 valence electrons. The van der Waals surface area contributed by atoms with E-state index < -0.39 is 0 Å².